The largest absolute Gasteiger partial charge is 0.373 e. The molecule has 15 heavy (non-hydrogen) atoms. The first-order valence-corrected chi connectivity index (χ1v) is 5.05. The maximum Gasteiger partial charge on any atom is 0.252 e. The molecule has 0 atom stereocenters. The molecule has 1 aromatic rings. The first-order valence-electron chi connectivity index (χ1n) is 5.05. The zero-order valence-corrected chi connectivity index (χ0v) is 9.37. The average molecular weight is 207 g/mol. The van der Waals surface area contributed by atoms with Gasteiger partial charge in [-0.2, -0.15) is 0 Å². The fourth-order valence-corrected chi connectivity index (χ4v) is 1.07. The Morgan fingerprint density at radius 2 is 2.20 bits per heavy atom. The van der Waals surface area contributed by atoms with Crippen molar-refractivity contribution < 1.29 is 4.79 Å². The van der Waals surface area contributed by atoms with E-state index in [-0.39, 0.29) is 5.91 Å². The molecule has 1 aromatic heterocycles. The van der Waals surface area contributed by atoms with Crippen LogP contribution in [0, 0.1) is 5.92 Å². The minimum absolute atomic E-state index is 0.0705. The topological polar surface area (TPSA) is 54.0 Å². The van der Waals surface area contributed by atoms with Crippen LogP contribution in [0.4, 0.5) is 5.82 Å². The van der Waals surface area contributed by atoms with Crippen molar-refractivity contribution in [1.29, 1.82) is 0 Å². The molecule has 2 N–H and O–H groups in total. The molecule has 0 saturated heterocycles. The molecule has 0 aliphatic carbocycles. The van der Waals surface area contributed by atoms with Gasteiger partial charge in [0.05, 0.1) is 5.56 Å². The number of anilines is 1. The minimum Gasteiger partial charge on any atom is -0.373 e. The first kappa shape index (κ1) is 11.5. The van der Waals surface area contributed by atoms with E-state index < -0.39 is 0 Å². The highest BCUT2D eigenvalue weighted by atomic mass is 16.1. The van der Waals surface area contributed by atoms with E-state index in [1.807, 2.05) is 0 Å². The van der Waals surface area contributed by atoms with Gasteiger partial charge in [-0.1, -0.05) is 13.8 Å². The number of hydrogen-bond acceptors (Lipinski definition) is 3. The first-order chi connectivity index (χ1) is 7.13. The van der Waals surface area contributed by atoms with Gasteiger partial charge >= 0.3 is 0 Å². The number of nitrogens with one attached hydrogen (secondary N) is 2. The SMILES string of the molecule is CNc1ccc(C(=O)NCC(C)C)cn1. The molecular formula is C11H17N3O. The van der Waals surface area contributed by atoms with Crippen LogP contribution in [0.2, 0.25) is 0 Å². The molecule has 0 radical (unpaired) electrons. The summed E-state index contributed by atoms with van der Waals surface area (Å²) in [7, 11) is 1.79. The number of pyridine rings is 1. The van der Waals surface area contributed by atoms with E-state index in [4.69, 9.17) is 0 Å². The highest BCUT2D eigenvalue weighted by molar-refractivity contribution is 5.94. The predicted molar refractivity (Wildman–Crippen MR) is 61.0 cm³/mol. The summed E-state index contributed by atoms with van der Waals surface area (Å²) in [5.74, 6) is 1.15. The standard InChI is InChI=1S/C11H17N3O/c1-8(2)6-14-11(15)9-4-5-10(12-3)13-7-9/h4-5,7-8H,6H2,1-3H3,(H,12,13)(H,14,15). The van der Waals surface area contributed by atoms with E-state index in [1.165, 1.54) is 0 Å². The zero-order chi connectivity index (χ0) is 11.3. The van der Waals surface area contributed by atoms with Crippen LogP contribution in [-0.4, -0.2) is 24.5 Å². The monoisotopic (exact) mass is 207 g/mol. The Bertz CT molecular complexity index is 319. The Kier molecular flexibility index (Phi) is 4.09. The molecule has 0 aliphatic heterocycles. The molecule has 0 aliphatic rings. The van der Waals surface area contributed by atoms with Gasteiger partial charge in [0.2, 0.25) is 0 Å². The number of rotatable bonds is 4. The maximum absolute atomic E-state index is 11.6. The second kappa shape index (κ2) is 5.34. The van der Waals surface area contributed by atoms with Crippen molar-refractivity contribution in [3.8, 4) is 0 Å². The third kappa shape index (κ3) is 3.58. The van der Waals surface area contributed by atoms with Gasteiger partial charge in [-0.25, -0.2) is 4.98 Å². The third-order valence-corrected chi connectivity index (χ3v) is 1.95. The molecule has 1 rings (SSSR count). The molecule has 0 bridgehead atoms. The summed E-state index contributed by atoms with van der Waals surface area (Å²) >= 11 is 0. The summed E-state index contributed by atoms with van der Waals surface area (Å²) in [6.45, 7) is 4.80. The molecular weight excluding hydrogens is 190 g/mol. The van der Waals surface area contributed by atoms with Crippen LogP contribution in [0.3, 0.4) is 0 Å². The summed E-state index contributed by atoms with van der Waals surface area (Å²) in [4.78, 5) is 15.7. The van der Waals surface area contributed by atoms with E-state index in [0.717, 1.165) is 5.82 Å². The van der Waals surface area contributed by atoms with Gasteiger partial charge in [-0.05, 0) is 18.1 Å². The van der Waals surface area contributed by atoms with E-state index in [2.05, 4.69) is 29.5 Å². The van der Waals surface area contributed by atoms with Crippen LogP contribution < -0.4 is 10.6 Å². The highest BCUT2D eigenvalue weighted by Crippen LogP contribution is 2.03. The van der Waals surface area contributed by atoms with Gasteiger partial charge in [-0.3, -0.25) is 4.79 Å². The number of aromatic nitrogens is 1. The van der Waals surface area contributed by atoms with E-state index in [9.17, 15) is 4.79 Å². The van der Waals surface area contributed by atoms with Crippen LogP contribution in [0.5, 0.6) is 0 Å². The van der Waals surface area contributed by atoms with E-state index >= 15 is 0 Å². The number of nitrogens with zero attached hydrogens (tertiary/aromatic N) is 1. The van der Waals surface area contributed by atoms with Crippen LogP contribution >= 0.6 is 0 Å². The summed E-state index contributed by atoms with van der Waals surface area (Å²) in [6.07, 6.45) is 1.57. The summed E-state index contributed by atoms with van der Waals surface area (Å²) in [6, 6.07) is 3.54. The predicted octanol–water partition coefficient (Wildman–Crippen LogP) is 1.51. The highest BCUT2D eigenvalue weighted by Gasteiger charge is 2.05. The summed E-state index contributed by atoms with van der Waals surface area (Å²) in [5, 5.41) is 5.74. The molecule has 0 fully saturated rings. The van der Waals surface area contributed by atoms with Crippen molar-refractivity contribution in [3.63, 3.8) is 0 Å². The second-order valence-electron chi connectivity index (χ2n) is 3.79. The lowest BCUT2D eigenvalue weighted by Gasteiger charge is -2.07. The molecule has 0 unspecified atom stereocenters. The quantitative estimate of drug-likeness (QED) is 0.786. The van der Waals surface area contributed by atoms with Gasteiger partial charge in [0, 0.05) is 19.8 Å². The number of carbonyl (C=O) groups is 1. The van der Waals surface area contributed by atoms with Crippen molar-refractivity contribution in [1.82, 2.24) is 10.3 Å². The van der Waals surface area contributed by atoms with Crippen molar-refractivity contribution in [2.24, 2.45) is 5.92 Å². The van der Waals surface area contributed by atoms with Crippen molar-refractivity contribution >= 4 is 11.7 Å². The fraction of sp³-hybridized carbons (Fsp3) is 0.455. The lowest BCUT2D eigenvalue weighted by Crippen LogP contribution is -2.27. The van der Waals surface area contributed by atoms with Crippen molar-refractivity contribution in [2.75, 3.05) is 18.9 Å². The normalized spacial score (nSPS) is 10.1. The third-order valence-electron chi connectivity index (χ3n) is 1.95. The number of amides is 1. The second-order valence-corrected chi connectivity index (χ2v) is 3.79. The van der Waals surface area contributed by atoms with E-state index in [1.54, 1.807) is 25.4 Å². The van der Waals surface area contributed by atoms with Gasteiger partial charge in [-0.15, -0.1) is 0 Å². The van der Waals surface area contributed by atoms with Gasteiger partial charge in [0.15, 0.2) is 0 Å². The van der Waals surface area contributed by atoms with Crippen LogP contribution in [-0.2, 0) is 0 Å². The number of hydrogen-bond donors (Lipinski definition) is 2. The van der Waals surface area contributed by atoms with Crippen molar-refractivity contribution in [3.05, 3.63) is 23.9 Å². The zero-order valence-electron chi connectivity index (χ0n) is 9.37. The minimum atomic E-state index is -0.0705. The van der Waals surface area contributed by atoms with Crippen LogP contribution in [0.1, 0.15) is 24.2 Å². The maximum atomic E-state index is 11.6. The Hall–Kier alpha value is -1.58. The van der Waals surface area contributed by atoms with Gasteiger partial charge < -0.3 is 10.6 Å². The summed E-state index contributed by atoms with van der Waals surface area (Å²) < 4.78 is 0. The molecule has 82 valence electrons. The molecule has 0 saturated carbocycles. The van der Waals surface area contributed by atoms with E-state index in [0.29, 0.717) is 18.0 Å². The molecule has 0 spiro atoms. The van der Waals surface area contributed by atoms with Crippen molar-refractivity contribution in [2.45, 2.75) is 13.8 Å². The molecule has 4 nitrogen and oxygen atoms in total. The average Bonchev–Trinajstić information content (AvgIpc) is 2.26. The Labute approximate surface area is 90.1 Å². The Morgan fingerprint density at radius 3 is 2.67 bits per heavy atom. The lowest BCUT2D eigenvalue weighted by atomic mass is 10.2. The Morgan fingerprint density at radius 1 is 1.47 bits per heavy atom. The smallest absolute Gasteiger partial charge is 0.252 e. The molecule has 0 aromatic carbocycles. The summed E-state index contributed by atoms with van der Waals surface area (Å²) in [5.41, 5.74) is 0.592. The molecule has 1 amide bonds. The van der Waals surface area contributed by atoms with Crippen LogP contribution in [0.15, 0.2) is 18.3 Å². The Balaban J connectivity index is 2.58. The fourth-order valence-electron chi connectivity index (χ4n) is 1.07. The lowest BCUT2D eigenvalue weighted by molar-refractivity contribution is 0.0948. The van der Waals surface area contributed by atoms with Gasteiger partial charge in [0.25, 0.3) is 5.91 Å². The molecule has 1 heterocycles. The number of carbonyl (C=O) groups excluding carboxylic acids is 1. The molecule has 4 heteroatoms. The van der Waals surface area contributed by atoms with Gasteiger partial charge in [0.1, 0.15) is 5.82 Å². The van der Waals surface area contributed by atoms with Crippen LogP contribution in [0.25, 0.3) is 0 Å².